The molecule has 0 saturated heterocycles. The molecule has 0 aromatic heterocycles. The Kier molecular flexibility index (Phi) is 3.20. The van der Waals surface area contributed by atoms with Crippen molar-refractivity contribution in [3.63, 3.8) is 0 Å². The summed E-state index contributed by atoms with van der Waals surface area (Å²) in [5.41, 5.74) is -1.31. The highest BCUT2D eigenvalue weighted by atomic mass is 16.5. The molecule has 0 fully saturated rings. The molecule has 13 heavy (non-hydrogen) atoms. The van der Waals surface area contributed by atoms with Crippen LogP contribution in [0.5, 0.6) is 0 Å². The minimum absolute atomic E-state index is 0.545. The molecule has 1 unspecified atom stereocenters. The molecule has 0 amide bonds. The lowest BCUT2D eigenvalue weighted by molar-refractivity contribution is -0.299. The Hall–Kier alpha value is -0.120. The maximum atomic E-state index is 9.76. The summed E-state index contributed by atoms with van der Waals surface area (Å²) >= 11 is 0. The largest absolute Gasteiger partial charge is 0.387 e. The van der Waals surface area contributed by atoms with Crippen LogP contribution in [0.1, 0.15) is 41.5 Å². The topological polar surface area (TPSA) is 60.7 Å². The van der Waals surface area contributed by atoms with E-state index in [1.165, 1.54) is 0 Å². The van der Waals surface area contributed by atoms with Crippen molar-refractivity contribution in [3.05, 3.63) is 0 Å². The average Bonchev–Trinajstić information content (AvgIpc) is 1.81. The second kappa shape index (κ2) is 3.23. The molecule has 3 heteroatoms. The fraction of sp³-hybridized carbons (Fsp3) is 1.00. The summed E-state index contributed by atoms with van der Waals surface area (Å²) in [6.07, 6.45) is -1.17. The van der Waals surface area contributed by atoms with Gasteiger partial charge in [-0.3, -0.25) is 0 Å². The molecule has 0 bridgehead atoms. The van der Waals surface area contributed by atoms with Crippen LogP contribution >= 0.6 is 0 Å². The number of hydrogen-bond donors (Lipinski definition) is 3. The van der Waals surface area contributed by atoms with E-state index in [1.807, 2.05) is 0 Å². The van der Waals surface area contributed by atoms with Gasteiger partial charge in [-0.2, -0.15) is 0 Å². The van der Waals surface area contributed by atoms with E-state index in [0.717, 1.165) is 0 Å². The number of hydrogen-bond acceptors (Lipinski definition) is 3. The minimum atomic E-state index is -2.06. The quantitative estimate of drug-likeness (QED) is 0.543. The van der Waals surface area contributed by atoms with Crippen LogP contribution in [0.4, 0.5) is 0 Å². The third-order valence-electron chi connectivity index (χ3n) is 2.31. The van der Waals surface area contributed by atoms with Gasteiger partial charge in [0, 0.05) is 5.41 Å². The normalized spacial score (nSPS) is 17.3. The highest BCUT2D eigenvalue weighted by molar-refractivity contribution is 4.92. The van der Waals surface area contributed by atoms with E-state index < -0.39 is 22.7 Å². The number of aliphatic hydroxyl groups excluding tert-OH is 1. The highest BCUT2D eigenvalue weighted by Gasteiger charge is 2.49. The summed E-state index contributed by atoms with van der Waals surface area (Å²) in [5.74, 6) is -2.06. The summed E-state index contributed by atoms with van der Waals surface area (Å²) in [7, 11) is 0. The molecule has 0 aliphatic heterocycles. The van der Waals surface area contributed by atoms with Gasteiger partial charge in [0.2, 0.25) is 0 Å². The fourth-order valence-electron chi connectivity index (χ4n) is 1.01. The van der Waals surface area contributed by atoms with E-state index in [2.05, 4.69) is 0 Å². The third kappa shape index (κ3) is 2.66. The molecule has 3 N–H and O–H groups in total. The van der Waals surface area contributed by atoms with Gasteiger partial charge < -0.3 is 15.3 Å². The lowest BCUT2D eigenvalue weighted by Gasteiger charge is -2.43. The van der Waals surface area contributed by atoms with Gasteiger partial charge in [-0.05, 0) is 5.41 Å². The molecule has 3 nitrogen and oxygen atoms in total. The summed E-state index contributed by atoms with van der Waals surface area (Å²) in [6, 6.07) is 0. The Balaban J connectivity index is 4.86. The Bertz CT molecular complexity index is 172. The van der Waals surface area contributed by atoms with Crippen molar-refractivity contribution in [3.8, 4) is 0 Å². The summed E-state index contributed by atoms with van der Waals surface area (Å²) in [5, 5.41) is 29.3. The van der Waals surface area contributed by atoms with Gasteiger partial charge in [0.25, 0.3) is 0 Å². The SMILES string of the molecule is CC(C)(C)C(O)C(O)(O)C(C)(C)C. The van der Waals surface area contributed by atoms with Crippen molar-refractivity contribution < 1.29 is 15.3 Å². The molecule has 0 aromatic rings. The molecule has 0 aromatic carbocycles. The van der Waals surface area contributed by atoms with Crippen LogP contribution < -0.4 is 0 Å². The van der Waals surface area contributed by atoms with Gasteiger partial charge in [0.05, 0.1) is 0 Å². The Morgan fingerprint density at radius 2 is 1.15 bits per heavy atom. The third-order valence-corrected chi connectivity index (χ3v) is 2.31. The Morgan fingerprint density at radius 1 is 0.846 bits per heavy atom. The molecule has 0 spiro atoms. The lowest BCUT2D eigenvalue weighted by atomic mass is 9.73. The molecule has 0 rings (SSSR count). The smallest absolute Gasteiger partial charge is 0.194 e. The molecule has 0 radical (unpaired) electrons. The first-order valence-electron chi connectivity index (χ1n) is 4.53. The molecule has 80 valence electrons. The van der Waals surface area contributed by atoms with Crippen molar-refractivity contribution in [2.24, 2.45) is 10.8 Å². The number of rotatable bonds is 1. The second-order valence-corrected chi connectivity index (χ2v) is 5.74. The van der Waals surface area contributed by atoms with E-state index in [9.17, 15) is 15.3 Å². The average molecular weight is 190 g/mol. The molecular formula is C10H22O3. The van der Waals surface area contributed by atoms with Crippen LogP contribution in [-0.4, -0.2) is 27.2 Å². The van der Waals surface area contributed by atoms with Gasteiger partial charge in [-0.25, -0.2) is 0 Å². The summed E-state index contributed by atoms with van der Waals surface area (Å²) in [6.45, 7) is 10.4. The summed E-state index contributed by atoms with van der Waals surface area (Å²) < 4.78 is 0. The van der Waals surface area contributed by atoms with Crippen LogP contribution in [0.2, 0.25) is 0 Å². The monoisotopic (exact) mass is 190 g/mol. The van der Waals surface area contributed by atoms with Gasteiger partial charge in [0.1, 0.15) is 6.10 Å². The van der Waals surface area contributed by atoms with Crippen LogP contribution in [-0.2, 0) is 0 Å². The van der Waals surface area contributed by atoms with E-state index in [4.69, 9.17) is 0 Å². The molecule has 0 heterocycles. The first kappa shape index (κ1) is 12.9. The zero-order valence-electron chi connectivity index (χ0n) is 9.42. The Morgan fingerprint density at radius 3 is 1.23 bits per heavy atom. The molecule has 0 aliphatic carbocycles. The van der Waals surface area contributed by atoms with E-state index in [0.29, 0.717) is 0 Å². The van der Waals surface area contributed by atoms with Gasteiger partial charge >= 0.3 is 0 Å². The first-order valence-corrected chi connectivity index (χ1v) is 4.53. The van der Waals surface area contributed by atoms with Gasteiger partial charge in [-0.1, -0.05) is 41.5 Å². The lowest BCUT2D eigenvalue weighted by Crippen LogP contribution is -2.57. The van der Waals surface area contributed by atoms with Crippen LogP contribution in [0, 0.1) is 10.8 Å². The van der Waals surface area contributed by atoms with E-state index >= 15 is 0 Å². The summed E-state index contributed by atoms with van der Waals surface area (Å²) in [4.78, 5) is 0. The second-order valence-electron chi connectivity index (χ2n) is 5.74. The molecular weight excluding hydrogens is 168 g/mol. The van der Waals surface area contributed by atoms with Gasteiger partial charge in [0.15, 0.2) is 5.79 Å². The zero-order valence-corrected chi connectivity index (χ0v) is 9.42. The first-order chi connectivity index (χ1) is 5.40. The zero-order chi connectivity index (χ0) is 11.1. The fourth-order valence-corrected chi connectivity index (χ4v) is 1.01. The van der Waals surface area contributed by atoms with E-state index in [1.54, 1.807) is 41.5 Å². The van der Waals surface area contributed by atoms with Crippen LogP contribution in [0.25, 0.3) is 0 Å². The van der Waals surface area contributed by atoms with Crippen LogP contribution in [0.3, 0.4) is 0 Å². The maximum Gasteiger partial charge on any atom is 0.194 e. The van der Waals surface area contributed by atoms with Crippen molar-refractivity contribution in [2.45, 2.75) is 53.4 Å². The van der Waals surface area contributed by atoms with Crippen molar-refractivity contribution >= 4 is 0 Å². The molecule has 0 aliphatic rings. The van der Waals surface area contributed by atoms with Crippen molar-refractivity contribution in [1.29, 1.82) is 0 Å². The van der Waals surface area contributed by atoms with Crippen LogP contribution in [0.15, 0.2) is 0 Å². The number of aliphatic hydroxyl groups is 3. The molecule has 0 saturated carbocycles. The van der Waals surface area contributed by atoms with Crippen molar-refractivity contribution in [1.82, 2.24) is 0 Å². The maximum absolute atomic E-state index is 9.76. The predicted octanol–water partition coefficient (Wildman–Crippen LogP) is 1.12. The molecule has 1 atom stereocenters. The van der Waals surface area contributed by atoms with E-state index in [-0.39, 0.29) is 0 Å². The van der Waals surface area contributed by atoms with Gasteiger partial charge in [-0.15, -0.1) is 0 Å². The van der Waals surface area contributed by atoms with Crippen molar-refractivity contribution in [2.75, 3.05) is 0 Å². The Labute approximate surface area is 80.4 Å². The highest BCUT2D eigenvalue weighted by Crippen LogP contribution is 2.37. The minimum Gasteiger partial charge on any atom is -0.387 e. The predicted molar refractivity (Wildman–Crippen MR) is 52.1 cm³/mol. The standard InChI is InChI=1S/C10H22O3/c1-8(2,3)7(11)10(12,13)9(4,5)6/h7,11-13H,1-6H3.